The maximum atomic E-state index is 13.5. The summed E-state index contributed by atoms with van der Waals surface area (Å²) in [6, 6.07) is 12.0. The number of nitrogens with zero attached hydrogens (tertiary/aromatic N) is 5. The lowest BCUT2D eigenvalue weighted by Crippen LogP contribution is -2.30. The molecule has 1 aliphatic rings. The van der Waals surface area contributed by atoms with Gasteiger partial charge in [-0.1, -0.05) is 23.4 Å². The third-order valence-corrected chi connectivity index (χ3v) is 7.39. The maximum absolute atomic E-state index is 13.5. The van der Waals surface area contributed by atoms with E-state index in [0.29, 0.717) is 28.9 Å². The van der Waals surface area contributed by atoms with Crippen LogP contribution in [-0.2, 0) is 20.0 Å². The van der Waals surface area contributed by atoms with Crippen LogP contribution in [0.25, 0.3) is 28.3 Å². The Hall–Kier alpha value is -5.79. The molecule has 0 spiro atoms. The van der Waals surface area contributed by atoms with Gasteiger partial charge in [-0.15, -0.1) is 0 Å². The monoisotopic (exact) mass is 566 g/mol. The number of amides is 2. The first kappa shape index (κ1) is 25.2. The molecule has 42 heavy (non-hydrogen) atoms. The number of oxazole rings is 1. The number of benzene rings is 2. The number of aromatic nitrogens is 6. The molecule has 1 atom stereocenters. The summed E-state index contributed by atoms with van der Waals surface area (Å²) >= 11 is 0. The van der Waals surface area contributed by atoms with Gasteiger partial charge in [-0.05, 0) is 53.8 Å². The standard InChI is InChI=1S/C28H22N8O6/c1-35-20-10-14(2-7-22(20)41-28(35)40)13-30-24(37)19-12-21(36-9-8-29-26(36)32-19)25(38)31-18-6-4-15-11-16(3-5-17(15)18)23-33-27(39)42-34-23/h2-3,5,7-12,18H,4,6,13H2,1H3,(H,30,37)(H,31,38)(H,33,34,39)/t18-/m0/s1. The van der Waals surface area contributed by atoms with Crippen LogP contribution < -0.4 is 22.1 Å². The Morgan fingerprint density at radius 2 is 2.00 bits per heavy atom. The van der Waals surface area contributed by atoms with Gasteiger partial charge in [0.15, 0.2) is 11.4 Å². The van der Waals surface area contributed by atoms with Crippen LogP contribution in [0.1, 0.15) is 50.1 Å². The Bertz CT molecular complexity index is 2150. The second-order valence-corrected chi connectivity index (χ2v) is 9.96. The number of aromatic amines is 1. The van der Waals surface area contributed by atoms with Crippen molar-refractivity contribution in [2.45, 2.75) is 25.4 Å². The number of carbonyl (C=O) groups excluding carboxylic acids is 2. The normalized spacial score (nSPS) is 14.4. The fourth-order valence-electron chi connectivity index (χ4n) is 5.25. The number of hydrogen-bond acceptors (Lipinski definition) is 9. The fraction of sp³-hybridized carbons (Fsp3) is 0.179. The smallest absolute Gasteiger partial charge is 0.408 e. The summed E-state index contributed by atoms with van der Waals surface area (Å²) in [6.07, 6.45) is 4.51. The van der Waals surface area contributed by atoms with Gasteiger partial charge >= 0.3 is 11.5 Å². The molecular weight excluding hydrogens is 544 g/mol. The maximum Gasteiger partial charge on any atom is 0.439 e. The van der Waals surface area contributed by atoms with Crippen molar-refractivity contribution in [3.8, 4) is 11.4 Å². The third kappa shape index (κ3) is 4.34. The van der Waals surface area contributed by atoms with E-state index in [1.54, 1.807) is 31.4 Å². The highest BCUT2D eigenvalue weighted by molar-refractivity contribution is 5.98. The minimum absolute atomic E-state index is 0.0358. The van der Waals surface area contributed by atoms with E-state index in [0.717, 1.165) is 23.1 Å². The van der Waals surface area contributed by atoms with Crippen molar-refractivity contribution in [3.63, 3.8) is 0 Å². The molecule has 4 aromatic heterocycles. The number of H-pyrrole nitrogens is 1. The van der Waals surface area contributed by atoms with Crippen molar-refractivity contribution in [1.29, 1.82) is 0 Å². The van der Waals surface area contributed by atoms with Crippen LogP contribution in [0.2, 0.25) is 0 Å². The molecular formula is C28H22N8O6. The van der Waals surface area contributed by atoms with E-state index in [9.17, 15) is 19.2 Å². The van der Waals surface area contributed by atoms with Crippen LogP contribution in [0.3, 0.4) is 0 Å². The molecule has 0 bridgehead atoms. The fourth-order valence-corrected chi connectivity index (χ4v) is 5.25. The van der Waals surface area contributed by atoms with Gasteiger partial charge in [0, 0.05) is 31.5 Å². The summed E-state index contributed by atoms with van der Waals surface area (Å²) in [7, 11) is 1.61. The zero-order valence-corrected chi connectivity index (χ0v) is 22.1. The van der Waals surface area contributed by atoms with Gasteiger partial charge < -0.3 is 15.1 Å². The molecule has 7 rings (SSSR count). The van der Waals surface area contributed by atoms with E-state index in [-0.39, 0.29) is 35.7 Å². The summed E-state index contributed by atoms with van der Waals surface area (Å²) in [6.45, 7) is 0.167. The molecule has 0 fully saturated rings. The van der Waals surface area contributed by atoms with Crippen LogP contribution >= 0.6 is 0 Å². The molecule has 6 aromatic rings. The van der Waals surface area contributed by atoms with E-state index < -0.39 is 17.4 Å². The van der Waals surface area contributed by atoms with Gasteiger partial charge in [0.25, 0.3) is 11.8 Å². The highest BCUT2D eigenvalue weighted by atomic mass is 16.5. The second kappa shape index (κ2) is 9.69. The lowest BCUT2D eigenvalue weighted by atomic mass is 10.0. The summed E-state index contributed by atoms with van der Waals surface area (Å²) in [5, 5.41) is 9.62. The Balaban J connectivity index is 1.10. The Morgan fingerprint density at radius 1 is 1.12 bits per heavy atom. The Labute approximate surface area is 235 Å². The molecule has 0 unspecified atom stereocenters. The van der Waals surface area contributed by atoms with Crippen molar-refractivity contribution in [2.24, 2.45) is 7.05 Å². The summed E-state index contributed by atoms with van der Waals surface area (Å²) in [5.74, 6) is -1.42. The minimum Gasteiger partial charge on any atom is -0.408 e. The highest BCUT2D eigenvalue weighted by Gasteiger charge is 2.27. The molecule has 0 radical (unpaired) electrons. The second-order valence-electron chi connectivity index (χ2n) is 9.96. The van der Waals surface area contributed by atoms with Gasteiger partial charge in [-0.3, -0.25) is 28.1 Å². The molecule has 4 heterocycles. The number of nitrogens with one attached hydrogen (secondary N) is 3. The molecule has 1 aliphatic carbocycles. The average molecular weight is 567 g/mol. The van der Waals surface area contributed by atoms with Gasteiger partial charge in [0.2, 0.25) is 5.78 Å². The Kier molecular flexibility index (Phi) is 5.81. The van der Waals surface area contributed by atoms with Crippen LogP contribution in [0.5, 0.6) is 0 Å². The molecule has 3 N–H and O–H groups in total. The lowest BCUT2D eigenvalue weighted by molar-refractivity contribution is 0.0930. The molecule has 14 nitrogen and oxygen atoms in total. The van der Waals surface area contributed by atoms with Gasteiger partial charge in [-0.25, -0.2) is 19.6 Å². The number of hydrogen-bond donors (Lipinski definition) is 3. The molecule has 0 aliphatic heterocycles. The number of fused-ring (bicyclic) bond motifs is 3. The summed E-state index contributed by atoms with van der Waals surface area (Å²) in [4.78, 5) is 60.8. The average Bonchev–Trinajstić information content (AvgIpc) is 3.79. The van der Waals surface area contributed by atoms with Crippen molar-refractivity contribution in [2.75, 3.05) is 0 Å². The van der Waals surface area contributed by atoms with Crippen molar-refractivity contribution >= 4 is 28.7 Å². The van der Waals surface area contributed by atoms with E-state index >= 15 is 0 Å². The first-order valence-corrected chi connectivity index (χ1v) is 13.0. The minimum atomic E-state index is -0.629. The van der Waals surface area contributed by atoms with E-state index in [2.05, 4.69) is 35.3 Å². The van der Waals surface area contributed by atoms with E-state index in [1.165, 1.54) is 21.2 Å². The molecule has 0 saturated carbocycles. The van der Waals surface area contributed by atoms with Crippen LogP contribution in [-0.4, -0.2) is 40.9 Å². The lowest BCUT2D eigenvalue weighted by Gasteiger charge is -2.16. The van der Waals surface area contributed by atoms with Crippen LogP contribution in [0.15, 0.2) is 73.4 Å². The molecule has 0 saturated heterocycles. The first-order valence-electron chi connectivity index (χ1n) is 13.0. The number of imidazole rings is 1. The number of aryl methyl sites for hydroxylation is 2. The van der Waals surface area contributed by atoms with E-state index in [1.807, 2.05) is 18.2 Å². The quantitative estimate of drug-likeness (QED) is 0.271. The molecule has 2 aromatic carbocycles. The third-order valence-electron chi connectivity index (χ3n) is 7.39. The van der Waals surface area contributed by atoms with Crippen LogP contribution in [0.4, 0.5) is 0 Å². The predicted octanol–water partition coefficient (Wildman–Crippen LogP) is 1.86. The van der Waals surface area contributed by atoms with Crippen LogP contribution in [0, 0.1) is 0 Å². The topological polar surface area (TPSA) is 182 Å². The molecule has 210 valence electrons. The largest absolute Gasteiger partial charge is 0.439 e. The van der Waals surface area contributed by atoms with Gasteiger partial charge in [0.05, 0.1) is 11.6 Å². The molecule has 2 amide bonds. The van der Waals surface area contributed by atoms with Gasteiger partial charge in [-0.2, -0.15) is 0 Å². The zero-order valence-electron chi connectivity index (χ0n) is 22.1. The highest BCUT2D eigenvalue weighted by Crippen LogP contribution is 2.33. The number of carbonyl (C=O) groups is 2. The molecule has 14 heteroatoms. The summed E-state index contributed by atoms with van der Waals surface area (Å²) < 4.78 is 12.7. The number of rotatable bonds is 6. The summed E-state index contributed by atoms with van der Waals surface area (Å²) in [5.41, 5.74) is 4.76. The zero-order chi connectivity index (χ0) is 29.0. The van der Waals surface area contributed by atoms with E-state index in [4.69, 9.17) is 4.42 Å². The Morgan fingerprint density at radius 3 is 2.83 bits per heavy atom. The SMILES string of the molecule is Cn1c(=O)oc2ccc(CNC(=O)c3cc(C(=O)N[C@H]4CCc5cc(-c6noc(=O)[nH]6)ccc54)n4ccnc4n3)cc21. The predicted molar refractivity (Wildman–Crippen MR) is 147 cm³/mol. The van der Waals surface area contributed by atoms with Gasteiger partial charge in [0.1, 0.15) is 11.4 Å². The van der Waals surface area contributed by atoms with Crippen molar-refractivity contribution in [1.82, 2.24) is 39.7 Å². The van der Waals surface area contributed by atoms with Crippen molar-refractivity contribution < 1.29 is 18.5 Å². The first-order chi connectivity index (χ1) is 20.3. The van der Waals surface area contributed by atoms with Crippen molar-refractivity contribution in [3.05, 3.63) is 104 Å².